The molecule has 1 aromatic rings. The molecule has 0 aliphatic carbocycles. The number of amides is 1. The Bertz CT molecular complexity index is 388. The molecule has 3 heteroatoms. The molecule has 3 nitrogen and oxygen atoms in total. The summed E-state index contributed by atoms with van der Waals surface area (Å²) in [6.07, 6.45) is 3.28. The molecule has 0 spiro atoms. The number of aryl methyl sites for hydroxylation is 1. The lowest BCUT2D eigenvalue weighted by molar-refractivity contribution is -0.118. The van der Waals surface area contributed by atoms with Gasteiger partial charge in [0.1, 0.15) is 0 Å². The average Bonchev–Trinajstić information content (AvgIpc) is 2.28. The lowest BCUT2D eigenvalue weighted by Gasteiger charge is -2.18. The van der Waals surface area contributed by atoms with Gasteiger partial charge in [0.2, 0.25) is 5.91 Å². The molecular weight excluding hydrogens is 200 g/mol. The van der Waals surface area contributed by atoms with E-state index in [9.17, 15) is 4.79 Å². The molecule has 86 valence electrons. The van der Waals surface area contributed by atoms with Crippen LogP contribution in [0.1, 0.15) is 24.5 Å². The van der Waals surface area contributed by atoms with E-state index < -0.39 is 0 Å². The maximum atomic E-state index is 10.7. The van der Waals surface area contributed by atoms with E-state index in [4.69, 9.17) is 0 Å². The molecule has 0 aromatic heterocycles. The molecule has 0 radical (unpaired) electrons. The van der Waals surface area contributed by atoms with Gasteiger partial charge in [-0.3, -0.25) is 4.79 Å². The van der Waals surface area contributed by atoms with Crippen LogP contribution < -0.4 is 10.6 Å². The van der Waals surface area contributed by atoms with Gasteiger partial charge in [0.25, 0.3) is 0 Å². The van der Waals surface area contributed by atoms with E-state index in [1.807, 2.05) is 0 Å². The summed E-state index contributed by atoms with van der Waals surface area (Å²) >= 11 is 0. The number of fused-ring (bicyclic) bond motifs is 1. The second-order valence-electron chi connectivity index (χ2n) is 4.25. The Morgan fingerprint density at radius 2 is 2.38 bits per heavy atom. The smallest absolute Gasteiger partial charge is 0.216 e. The number of nitrogens with one attached hydrogen (secondary N) is 2. The Kier molecular flexibility index (Phi) is 3.44. The van der Waals surface area contributed by atoms with Gasteiger partial charge < -0.3 is 10.6 Å². The Balaban J connectivity index is 1.97. The highest BCUT2D eigenvalue weighted by Crippen LogP contribution is 2.22. The predicted octanol–water partition coefficient (Wildman–Crippen LogP) is 1.72. The Morgan fingerprint density at radius 3 is 3.19 bits per heavy atom. The summed E-state index contributed by atoms with van der Waals surface area (Å²) in [7, 11) is 0. The van der Waals surface area contributed by atoms with Gasteiger partial charge in [0, 0.05) is 25.7 Å². The monoisotopic (exact) mass is 218 g/mol. The highest BCUT2D eigenvalue weighted by atomic mass is 16.1. The molecule has 16 heavy (non-hydrogen) atoms. The molecule has 1 aliphatic heterocycles. The van der Waals surface area contributed by atoms with Crippen LogP contribution in [0.3, 0.4) is 0 Å². The zero-order chi connectivity index (χ0) is 11.4. The minimum absolute atomic E-state index is 0.0413. The van der Waals surface area contributed by atoms with E-state index in [0.717, 1.165) is 25.9 Å². The van der Waals surface area contributed by atoms with Crippen LogP contribution in [0, 0.1) is 0 Å². The summed E-state index contributed by atoms with van der Waals surface area (Å²) in [6.45, 7) is 3.36. The largest absolute Gasteiger partial charge is 0.385 e. The van der Waals surface area contributed by atoms with Crippen molar-refractivity contribution in [1.82, 2.24) is 5.32 Å². The quantitative estimate of drug-likeness (QED) is 0.811. The fourth-order valence-corrected chi connectivity index (χ4v) is 2.07. The van der Waals surface area contributed by atoms with Crippen molar-refractivity contribution in [2.24, 2.45) is 0 Å². The van der Waals surface area contributed by atoms with Gasteiger partial charge in [-0.25, -0.2) is 0 Å². The first-order valence-electron chi connectivity index (χ1n) is 5.86. The fourth-order valence-electron chi connectivity index (χ4n) is 2.07. The molecule has 2 rings (SSSR count). The predicted molar refractivity (Wildman–Crippen MR) is 65.6 cm³/mol. The van der Waals surface area contributed by atoms with Crippen molar-refractivity contribution in [3.8, 4) is 0 Å². The molecule has 0 unspecified atom stereocenters. The molecule has 0 saturated heterocycles. The zero-order valence-electron chi connectivity index (χ0n) is 9.68. The minimum atomic E-state index is 0.0413. The van der Waals surface area contributed by atoms with Crippen molar-refractivity contribution in [2.75, 3.05) is 18.4 Å². The molecule has 1 amide bonds. The van der Waals surface area contributed by atoms with Gasteiger partial charge in [-0.2, -0.15) is 0 Å². The van der Waals surface area contributed by atoms with Gasteiger partial charge in [-0.1, -0.05) is 12.1 Å². The van der Waals surface area contributed by atoms with Crippen LogP contribution in [0.5, 0.6) is 0 Å². The number of carbonyl (C=O) groups excluding carboxylic acids is 1. The van der Waals surface area contributed by atoms with Crippen LogP contribution in [-0.4, -0.2) is 19.0 Å². The van der Waals surface area contributed by atoms with E-state index in [1.165, 1.54) is 23.2 Å². The van der Waals surface area contributed by atoms with Crippen molar-refractivity contribution < 1.29 is 4.79 Å². The third kappa shape index (κ3) is 2.75. The van der Waals surface area contributed by atoms with E-state index in [1.54, 1.807) is 6.92 Å². The van der Waals surface area contributed by atoms with Crippen molar-refractivity contribution in [3.05, 3.63) is 29.3 Å². The first kappa shape index (κ1) is 11.0. The number of carbonyl (C=O) groups is 1. The molecule has 1 aromatic carbocycles. The molecule has 0 saturated carbocycles. The lowest BCUT2D eigenvalue weighted by Crippen LogP contribution is -2.22. The highest BCUT2D eigenvalue weighted by Gasteiger charge is 2.08. The number of benzene rings is 1. The average molecular weight is 218 g/mol. The number of hydrogen-bond donors (Lipinski definition) is 2. The molecule has 0 fully saturated rings. The first-order valence-corrected chi connectivity index (χ1v) is 5.86. The number of hydrogen-bond acceptors (Lipinski definition) is 2. The van der Waals surface area contributed by atoms with Crippen molar-refractivity contribution in [1.29, 1.82) is 0 Å². The SMILES string of the molecule is CC(=O)NCCc1ccc2c(c1)CCCN2. The molecule has 0 bridgehead atoms. The second kappa shape index (κ2) is 5.01. The summed E-state index contributed by atoms with van der Waals surface area (Å²) in [5.74, 6) is 0.0413. The molecule has 2 N–H and O–H groups in total. The molecular formula is C13H18N2O. The molecule has 1 heterocycles. The fraction of sp³-hybridized carbons (Fsp3) is 0.462. The van der Waals surface area contributed by atoms with Crippen molar-refractivity contribution in [2.45, 2.75) is 26.2 Å². The third-order valence-electron chi connectivity index (χ3n) is 2.90. The van der Waals surface area contributed by atoms with Crippen LogP contribution >= 0.6 is 0 Å². The van der Waals surface area contributed by atoms with Crippen LogP contribution in [0.25, 0.3) is 0 Å². The molecule has 0 atom stereocenters. The Labute approximate surface area is 96.2 Å². The van der Waals surface area contributed by atoms with Crippen molar-refractivity contribution >= 4 is 11.6 Å². The zero-order valence-corrected chi connectivity index (χ0v) is 9.68. The van der Waals surface area contributed by atoms with Crippen LogP contribution in [0.4, 0.5) is 5.69 Å². The van der Waals surface area contributed by atoms with Gasteiger partial charge in [0.15, 0.2) is 0 Å². The Hall–Kier alpha value is -1.51. The summed E-state index contributed by atoms with van der Waals surface area (Å²) in [6, 6.07) is 6.54. The number of rotatable bonds is 3. The standard InChI is InChI=1S/C13H18N2O/c1-10(16)14-8-6-11-4-5-13-12(9-11)3-2-7-15-13/h4-5,9,15H,2-3,6-8H2,1H3,(H,14,16). The minimum Gasteiger partial charge on any atom is -0.385 e. The van der Waals surface area contributed by atoms with E-state index >= 15 is 0 Å². The van der Waals surface area contributed by atoms with Crippen LogP contribution in [0.2, 0.25) is 0 Å². The Morgan fingerprint density at radius 1 is 1.50 bits per heavy atom. The highest BCUT2D eigenvalue weighted by molar-refractivity contribution is 5.72. The first-order chi connectivity index (χ1) is 7.75. The number of anilines is 1. The van der Waals surface area contributed by atoms with E-state index in [2.05, 4.69) is 28.8 Å². The second-order valence-corrected chi connectivity index (χ2v) is 4.25. The van der Waals surface area contributed by atoms with Crippen LogP contribution in [-0.2, 0) is 17.6 Å². The lowest BCUT2D eigenvalue weighted by atomic mass is 9.99. The summed E-state index contributed by atoms with van der Waals surface area (Å²) in [5.41, 5.74) is 3.98. The summed E-state index contributed by atoms with van der Waals surface area (Å²) in [5, 5.41) is 6.21. The van der Waals surface area contributed by atoms with Gasteiger partial charge in [-0.15, -0.1) is 0 Å². The maximum Gasteiger partial charge on any atom is 0.216 e. The van der Waals surface area contributed by atoms with E-state index in [-0.39, 0.29) is 5.91 Å². The summed E-state index contributed by atoms with van der Waals surface area (Å²) < 4.78 is 0. The van der Waals surface area contributed by atoms with Crippen molar-refractivity contribution in [3.63, 3.8) is 0 Å². The summed E-state index contributed by atoms with van der Waals surface area (Å²) in [4.78, 5) is 10.7. The third-order valence-corrected chi connectivity index (χ3v) is 2.90. The topological polar surface area (TPSA) is 41.1 Å². The van der Waals surface area contributed by atoms with Gasteiger partial charge in [-0.05, 0) is 36.5 Å². The normalized spacial score (nSPS) is 13.8. The molecule has 1 aliphatic rings. The van der Waals surface area contributed by atoms with E-state index in [0.29, 0.717) is 0 Å². The van der Waals surface area contributed by atoms with Crippen LogP contribution in [0.15, 0.2) is 18.2 Å². The van der Waals surface area contributed by atoms with Gasteiger partial charge >= 0.3 is 0 Å². The van der Waals surface area contributed by atoms with Gasteiger partial charge in [0.05, 0.1) is 0 Å². The maximum absolute atomic E-state index is 10.7.